The first-order valence-electron chi connectivity index (χ1n) is 9.58. The van der Waals surface area contributed by atoms with Crippen molar-refractivity contribution in [2.45, 2.75) is 19.8 Å². The van der Waals surface area contributed by atoms with Gasteiger partial charge in [0.25, 0.3) is 5.91 Å². The molecule has 6 heteroatoms. The van der Waals surface area contributed by atoms with Gasteiger partial charge in [-0.2, -0.15) is 0 Å². The van der Waals surface area contributed by atoms with Crippen molar-refractivity contribution in [1.82, 2.24) is 5.32 Å². The number of rotatable bonds is 6. The Morgan fingerprint density at radius 2 is 1.97 bits per heavy atom. The van der Waals surface area contributed by atoms with Gasteiger partial charge < -0.3 is 15.4 Å². The van der Waals surface area contributed by atoms with Crippen molar-refractivity contribution in [1.29, 1.82) is 0 Å². The van der Waals surface area contributed by atoms with Crippen LogP contribution in [-0.4, -0.2) is 25.0 Å². The third-order valence-corrected chi connectivity index (χ3v) is 5.78. The first-order chi connectivity index (χ1) is 14.1. The third-order valence-electron chi connectivity index (χ3n) is 4.86. The average molecular weight is 407 g/mol. The van der Waals surface area contributed by atoms with E-state index in [0.29, 0.717) is 24.4 Å². The summed E-state index contributed by atoms with van der Waals surface area (Å²) in [4.78, 5) is 24.7. The van der Waals surface area contributed by atoms with Gasteiger partial charge >= 0.3 is 0 Å². The van der Waals surface area contributed by atoms with E-state index in [1.165, 1.54) is 16.9 Å². The van der Waals surface area contributed by atoms with Gasteiger partial charge in [0.1, 0.15) is 12.4 Å². The van der Waals surface area contributed by atoms with Gasteiger partial charge in [-0.25, -0.2) is 0 Å². The van der Waals surface area contributed by atoms with Crippen molar-refractivity contribution in [3.05, 3.63) is 69.9 Å². The number of carbonyl (C=O) groups excluding carboxylic acids is 2. The Morgan fingerprint density at radius 1 is 1.14 bits per heavy atom. The minimum atomic E-state index is -0.0904. The molecule has 29 heavy (non-hydrogen) atoms. The Bertz CT molecular complexity index is 1040. The van der Waals surface area contributed by atoms with Crippen LogP contribution in [0.3, 0.4) is 0 Å². The highest BCUT2D eigenvalue weighted by Crippen LogP contribution is 2.29. The van der Waals surface area contributed by atoms with Crippen molar-refractivity contribution in [2.75, 3.05) is 18.5 Å². The van der Waals surface area contributed by atoms with Crippen LogP contribution in [0.25, 0.3) is 11.1 Å². The minimum Gasteiger partial charge on any atom is -0.492 e. The summed E-state index contributed by atoms with van der Waals surface area (Å²) in [5.41, 5.74) is 5.11. The second kappa shape index (κ2) is 8.49. The van der Waals surface area contributed by atoms with Gasteiger partial charge in [0.2, 0.25) is 5.91 Å². The number of nitrogens with one attached hydrogen (secondary N) is 2. The molecule has 0 saturated carbocycles. The van der Waals surface area contributed by atoms with Crippen molar-refractivity contribution in [3.8, 4) is 16.9 Å². The molecular weight excluding hydrogens is 384 g/mol. The maximum absolute atomic E-state index is 12.6. The molecule has 0 radical (unpaired) electrons. The maximum Gasteiger partial charge on any atom is 0.262 e. The van der Waals surface area contributed by atoms with E-state index in [2.05, 4.69) is 10.6 Å². The van der Waals surface area contributed by atoms with Crippen LogP contribution in [0, 0.1) is 6.92 Å². The second-order valence-corrected chi connectivity index (χ2v) is 7.92. The van der Waals surface area contributed by atoms with Gasteiger partial charge in [0.05, 0.1) is 11.4 Å². The molecule has 2 heterocycles. The molecule has 2 N–H and O–H groups in total. The van der Waals surface area contributed by atoms with Gasteiger partial charge in [0, 0.05) is 17.7 Å². The summed E-state index contributed by atoms with van der Waals surface area (Å²) in [5.74, 6) is 0.699. The van der Waals surface area contributed by atoms with Crippen molar-refractivity contribution in [3.63, 3.8) is 0 Å². The Morgan fingerprint density at radius 3 is 2.79 bits per heavy atom. The number of amides is 2. The summed E-state index contributed by atoms with van der Waals surface area (Å²) in [6.07, 6.45) is 1.21. The van der Waals surface area contributed by atoms with E-state index in [1.54, 1.807) is 0 Å². The fraction of sp³-hybridized carbons (Fsp3) is 0.217. The smallest absolute Gasteiger partial charge is 0.262 e. The molecule has 148 valence electrons. The van der Waals surface area contributed by atoms with E-state index in [4.69, 9.17) is 4.74 Å². The van der Waals surface area contributed by atoms with Crippen molar-refractivity contribution < 1.29 is 14.3 Å². The number of benzene rings is 2. The molecule has 0 spiro atoms. The molecule has 0 saturated heterocycles. The summed E-state index contributed by atoms with van der Waals surface area (Å²) >= 11 is 1.44. The van der Waals surface area contributed by atoms with E-state index >= 15 is 0 Å². The second-order valence-electron chi connectivity index (χ2n) is 7.00. The lowest BCUT2D eigenvalue weighted by Crippen LogP contribution is -2.27. The van der Waals surface area contributed by atoms with E-state index in [0.717, 1.165) is 34.5 Å². The molecule has 3 aromatic rings. The number of ether oxygens (including phenoxy) is 1. The normalized spacial score (nSPS) is 12.8. The summed E-state index contributed by atoms with van der Waals surface area (Å²) in [5, 5.41) is 7.73. The van der Waals surface area contributed by atoms with Crippen LogP contribution in [-0.2, 0) is 11.2 Å². The molecule has 0 fully saturated rings. The standard InChI is InChI=1S/C23H22N2O3S/c1-15-2-4-16(5-3-15)19-10-13-29-22(19)23(27)24-11-12-28-18-7-8-20-17(14-18)6-9-21(26)25-20/h2-5,7-8,10,13-14H,6,9,11-12H2,1H3,(H,24,27)(H,25,26). The van der Waals surface area contributed by atoms with E-state index < -0.39 is 0 Å². The zero-order valence-corrected chi connectivity index (χ0v) is 17.0. The maximum atomic E-state index is 12.6. The molecule has 2 aromatic carbocycles. The molecule has 4 rings (SSSR count). The monoisotopic (exact) mass is 406 g/mol. The number of carbonyl (C=O) groups is 2. The van der Waals surface area contributed by atoms with Crippen LogP contribution in [0.5, 0.6) is 5.75 Å². The highest BCUT2D eigenvalue weighted by Gasteiger charge is 2.16. The lowest BCUT2D eigenvalue weighted by atomic mass is 10.0. The van der Waals surface area contributed by atoms with Crippen LogP contribution in [0.15, 0.2) is 53.9 Å². The van der Waals surface area contributed by atoms with E-state index in [1.807, 2.05) is 60.8 Å². The molecule has 0 unspecified atom stereocenters. The quantitative estimate of drug-likeness (QED) is 0.596. The van der Waals surface area contributed by atoms with Gasteiger partial charge in [-0.05, 0) is 54.1 Å². The van der Waals surface area contributed by atoms with Gasteiger partial charge in [0.15, 0.2) is 0 Å². The summed E-state index contributed by atoms with van der Waals surface area (Å²) in [6.45, 7) is 2.84. The van der Waals surface area contributed by atoms with Crippen LogP contribution >= 0.6 is 11.3 Å². The minimum absolute atomic E-state index is 0.0486. The molecule has 1 aliphatic heterocycles. The first kappa shape index (κ1) is 19.2. The number of hydrogen-bond donors (Lipinski definition) is 2. The Hall–Kier alpha value is -3.12. The molecule has 0 atom stereocenters. The predicted octanol–water partition coefficient (Wildman–Crippen LogP) is 4.42. The molecule has 1 aromatic heterocycles. The molecule has 5 nitrogen and oxygen atoms in total. The van der Waals surface area contributed by atoms with Crippen molar-refractivity contribution >= 4 is 28.8 Å². The van der Waals surface area contributed by atoms with Crippen LogP contribution in [0.2, 0.25) is 0 Å². The highest BCUT2D eigenvalue weighted by molar-refractivity contribution is 7.12. The lowest BCUT2D eigenvalue weighted by Gasteiger charge is -2.17. The van der Waals surface area contributed by atoms with Crippen LogP contribution in [0.1, 0.15) is 27.2 Å². The predicted molar refractivity (Wildman–Crippen MR) is 116 cm³/mol. The Labute approximate surface area is 173 Å². The van der Waals surface area contributed by atoms with Crippen LogP contribution in [0.4, 0.5) is 5.69 Å². The van der Waals surface area contributed by atoms with E-state index in [9.17, 15) is 9.59 Å². The highest BCUT2D eigenvalue weighted by atomic mass is 32.1. The number of anilines is 1. The third kappa shape index (κ3) is 4.49. The van der Waals surface area contributed by atoms with Crippen LogP contribution < -0.4 is 15.4 Å². The average Bonchev–Trinajstić information content (AvgIpc) is 3.21. The van der Waals surface area contributed by atoms with Gasteiger partial charge in [-0.15, -0.1) is 11.3 Å². The SMILES string of the molecule is Cc1ccc(-c2ccsc2C(=O)NCCOc2ccc3c(c2)CCC(=O)N3)cc1. The van der Waals surface area contributed by atoms with Crippen molar-refractivity contribution in [2.24, 2.45) is 0 Å². The zero-order valence-electron chi connectivity index (χ0n) is 16.2. The summed E-state index contributed by atoms with van der Waals surface area (Å²) < 4.78 is 5.77. The number of fused-ring (bicyclic) bond motifs is 1. The van der Waals surface area contributed by atoms with Gasteiger partial charge in [-0.3, -0.25) is 9.59 Å². The molecular formula is C23H22N2O3S. The molecule has 2 amide bonds. The topological polar surface area (TPSA) is 67.4 Å². The number of hydrogen-bond acceptors (Lipinski definition) is 4. The zero-order chi connectivity index (χ0) is 20.2. The number of aryl methyl sites for hydroxylation is 2. The summed E-state index contributed by atoms with van der Waals surface area (Å²) in [7, 11) is 0. The Kier molecular flexibility index (Phi) is 5.62. The fourth-order valence-electron chi connectivity index (χ4n) is 3.31. The first-order valence-corrected chi connectivity index (χ1v) is 10.5. The lowest BCUT2D eigenvalue weighted by molar-refractivity contribution is -0.116. The summed E-state index contributed by atoms with van der Waals surface area (Å²) in [6, 6.07) is 15.8. The number of thiophene rings is 1. The Balaban J connectivity index is 1.32. The van der Waals surface area contributed by atoms with E-state index in [-0.39, 0.29) is 11.8 Å². The molecule has 0 bridgehead atoms. The largest absolute Gasteiger partial charge is 0.492 e. The fourth-order valence-corrected chi connectivity index (χ4v) is 4.14. The molecule has 0 aliphatic carbocycles. The van der Waals surface area contributed by atoms with Gasteiger partial charge in [-0.1, -0.05) is 29.8 Å². The molecule has 1 aliphatic rings.